The van der Waals surface area contributed by atoms with Crippen molar-refractivity contribution >= 4 is 5.91 Å². The summed E-state index contributed by atoms with van der Waals surface area (Å²) in [5.41, 5.74) is 8.72. The Kier molecular flexibility index (Phi) is 6.76. The minimum Gasteiger partial charge on any atom is -0.454 e. The van der Waals surface area contributed by atoms with Crippen molar-refractivity contribution in [2.75, 3.05) is 38.4 Å². The van der Waals surface area contributed by atoms with Crippen molar-refractivity contribution in [1.82, 2.24) is 24.4 Å². The van der Waals surface area contributed by atoms with E-state index >= 15 is 0 Å². The van der Waals surface area contributed by atoms with E-state index < -0.39 is 0 Å². The molecule has 6 rings (SSSR count). The molecule has 2 aromatic carbocycles. The molecule has 1 amide bonds. The largest absolute Gasteiger partial charge is 0.454 e. The molecular formula is C29H30N6O3. The van der Waals surface area contributed by atoms with Crippen LogP contribution < -0.4 is 14.9 Å². The Morgan fingerprint density at radius 3 is 2.45 bits per heavy atom. The Bertz CT molecular complexity index is 1420. The fourth-order valence-electron chi connectivity index (χ4n) is 5.10. The lowest BCUT2D eigenvalue weighted by Crippen LogP contribution is -2.45. The van der Waals surface area contributed by atoms with Crippen LogP contribution in [0.2, 0.25) is 0 Å². The summed E-state index contributed by atoms with van der Waals surface area (Å²) < 4.78 is 12.8. The summed E-state index contributed by atoms with van der Waals surface area (Å²) in [6.45, 7) is 7.91. The van der Waals surface area contributed by atoms with E-state index in [-0.39, 0.29) is 11.6 Å². The molecule has 1 fully saturated rings. The molecule has 2 aliphatic heterocycles. The first-order valence-electron chi connectivity index (χ1n) is 12.8. The fraction of sp³-hybridized carbons (Fsp3) is 0.276. The highest BCUT2D eigenvalue weighted by molar-refractivity contribution is 5.98. The third kappa shape index (κ3) is 5.11. The molecule has 0 radical (unpaired) electrons. The van der Waals surface area contributed by atoms with Gasteiger partial charge >= 0.3 is 0 Å². The van der Waals surface area contributed by atoms with Gasteiger partial charge in [0.25, 0.3) is 5.91 Å². The number of fused-ring (bicyclic) bond motifs is 1. The highest BCUT2D eigenvalue weighted by Crippen LogP contribution is 2.33. The summed E-state index contributed by atoms with van der Waals surface area (Å²) in [6, 6.07) is 18.6. The standard InChI is InChI=1S/C29H30N6O3/c1-21-15-24(19-34-13-11-33(12-14-34)18-22-7-8-26-27(16-22)38-20-37-26)28(23-5-3-2-4-6-23)35(21)32-29(36)25-17-30-9-10-31-25/h2-10,15-17H,11-14,18-20H2,1H3,(H,32,36). The minimum absolute atomic E-state index is 0.278. The number of hydrogen-bond acceptors (Lipinski definition) is 7. The van der Waals surface area contributed by atoms with Crippen molar-refractivity contribution in [2.24, 2.45) is 0 Å². The maximum Gasteiger partial charge on any atom is 0.290 e. The first-order chi connectivity index (χ1) is 18.6. The van der Waals surface area contributed by atoms with Crippen LogP contribution in [0.25, 0.3) is 11.3 Å². The van der Waals surface area contributed by atoms with E-state index in [0.717, 1.165) is 67.7 Å². The Balaban J connectivity index is 1.16. The molecule has 0 saturated carbocycles. The molecule has 2 aromatic heterocycles. The van der Waals surface area contributed by atoms with Crippen LogP contribution in [0.5, 0.6) is 11.5 Å². The quantitative estimate of drug-likeness (QED) is 0.406. The molecule has 0 unspecified atom stereocenters. The predicted octanol–water partition coefficient (Wildman–Crippen LogP) is 3.68. The average Bonchev–Trinajstić information content (AvgIpc) is 3.54. The van der Waals surface area contributed by atoms with Crippen LogP contribution in [-0.4, -0.2) is 63.3 Å². The van der Waals surface area contributed by atoms with Gasteiger partial charge in [-0.1, -0.05) is 36.4 Å². The first-order valence-corrected chi connectivity index (χ1v) is 12.8. The average molecular weight is 511 g/mol. The summed E-state index contributed by atoms with van der Waals surface area (Å²) in [5, 5.41) is 0. The molecule has 38 heavy (non-hydrogen) atoms. The number of benzene rings is 2. The molecule has 1 N–H and O–H groups in total. The molecule has 0 aliphatic carbocycles. The first kappa shape index (κ1) is 24.1. The smallest absolute Gasteiger partial charge is 0.290 e. The van der Waals surface area contributed by atoms with Gasteiger partial charge < -0.3 is 9.47 Å². The molecule has 4 heterocycles. The lowest BCUT2D eigenvalue weighted by Gasteiger charge is -2.34. The van der Waals surface area contributed by atoms with Gasteiger partial charge in [0.05, 0.1) is 11.9 Å². The molecule has 0 atom stereocenters. The number of aromatic nitrogens is 3. The Labute approximate surface area is 221 Å². The van der Waals surface area contributed by atoms with Crippen molar-refractivity contribution in [2.45, 2.75) is 20.0 Å². The van der Waals surface area contributed by atoms with Crippen molar-refractivity contribution in [3.05, 3.63) is 95.7 Å². The molecule has 1 saturated heterocycles. The lowest BCUT2D eigenvalue weighted by molar-refractivity contribution is 0.100. The highest BCUT2D eigenvalue weighted by atomic mass is 16.7. The van der Waals surface area contributed by atoms with Crippen LogP contribution in [0.4, 0.5) is 0 Å². The van der Waals surface area contributed by atoms with E-state index in [4.69, 9.17) is 9.47 Å². The van der Waals surface area contributed by atoms with E-state index in [2.05, 4.69) is 55.5 Å². The van der Waals surface area contributed by atoms with Gasteiger partial charge in [-0.3, -0.25) is 29.7 Å². The van der Waals surface area contributed by atoms with Crippen molar-refractivity contribution < 1.29 is 14.3 Å². The maximum atomic E-state index is 12.9. The Morgan fingerprint density at radius 1 is 0.921 bits per heavy atom. The second-order valence-corrected chi connectivity index (χ2v) is 9.63. The monoisotopic (exact) mass is 510 g/mol. The normalized spacial score (nSPS) is 15.5. The second-order valence-electron chi connectivity index (χ2n) is 9.63. The number of nitrogens with one attached hydrogen (secondary N) is 1. The Morgan fingerprint density at radius 2 is 1.68 bits per heavy atom. The Hall–Kier alpha value is -4.21. The van der Waals surface area contributed by atoms with Crippen molar-refractivity contribution in [1.29, 1.82) is 0 Å². The molecule has 0 spiro atoms. The zero-order valence-corrected chi connectivity index (χ0v) is 21.3. The van der Waals surface area contributed by atoms with Crippen LogP contribution in [-0.2, 0) is 13.1 Å². The van der Waals surface area contributed by atoms with Gasteiger partial charge in [-0.15, -0.1) is 0 Å². The number of aryl methyl sites for hydroxylation is 1. The number of ether oxygens (including phenoxy) is 2. The van der Waals surface area contributed by atoms with Gasteiger partial charge in [0.1, 0.15) is 5.69 Å². The number of hydrogen-bond donors (Lipinski definition) is 1. The molecule has 0 bridgehead atoms. The zero-order chi connectivity index (χ0) is 25.9. The van der Waals surface area contributed by atoms with E-state index in [9.17, 15) is 4.79 Å². The minimum atomic E-state index is -0.294. The van der Waals surface area contributed by atoms with E-state index in [0.29, 0.717) is 6.79 Å². The van der Waals surface area contributed by atoms with Gasteiger partial charge in [0, 0.05) is 62.9 Å². The van der Waals surface area contributed by atoms with Crippen LogP contribution in [0.1, 0.15) is 27.3 Å². The SMILES string of the molecule is Cc1cc(CN2CCN(Cc3ccc4c(c3)OCO4)CC2)c(-c2ccccc2)n1NC(=O)c1cnccn1. The molecule has 9 nitrogen and oxygen atoms in total. The third-order valence-electron chi connectivity index (χ3n) is 7.02. The summed E-state index contributed by atoms with van der Waals surface area (Å²) in [5.74, 6) is 1.36. The summed E-state index contributed by atoms with van der Waals surface area (Å²) in [6.07, 6.45) is 4.55. The van der Waals surface area contributed by atoms with Crippen molar-refractivity contribution in [3.63, 3.8) is 0 Å². The van der Waals surface area contributed by atoms with Gasteiger partial charge in [0.15, 0.2) is 11.5 Å². The zero-order valence-electron chi connectivity index (χ0n) is 21.3. The van der Waals surface area contributed by atoms with E-state index in [1.165, 1.54) is 23.5 Å². The van der Waals surface area contributed by atoms with E-state index in [1.54, 1.807) is 6.20 Å². The van der Waals surface area contributed by atoms with Gasteiger partial charge in [-0.05, 0) is 36.2 Å². The molecule has 194 valence electrons. The highest BCUT2D eigenvalue weighted by Gasteiger charge is 2.23. The van der Waals surface area contributed by atoms with Crippen LogP contribution in [0.3, 0.4) is 0 Å². The number of carbonyl (C=O) groups excluding carboxylic acids is 1. The summed E-state index contributed by atoms with van der Waals surface area (Å²) in [7, 11) is 0. The van der Waals surface area contributed by atoms with E-state index in [1.807, 2.05) is 35.9 Å². The maximum absolute atomic E-state index is 12.9. The molecular weight excluding hydrogens is 480 g/mol. The molecule has 9 heteroatoms. The number of carbonyl (C=O) groups is 1. The fourth-order valence-corrected chi connectivity index (χ4v) is 5.10. The molecule has 4 aromatic rings. The third-order valence-corrected chi connectivity index (χ3v) is 7.02. The predicted molar refractivity (Wildman–Crippen MR) is 143 cm³/mol. The van der Waals surface area contributed by atoms with Gasteiger partial charge in [0.2, 0.25) is 6.79 Å². The van der Waals surface area contributed by atoms with Gasteiger partial charge in [-0.2, -0.15) is 0 Å². The summed E-state index contributed by atoms with van der Waals surface area (Å²) in [4.78, 5) is 26.1. The van der Waals surface area contributed by atoms with Crippen LogP contribution in [0, 0.1) is 6.92 Å². The molecule has 2 aliphatic rings. The second kappa shape index (κ2) is 10.6. The topological polar surface area (TPSA) is 84.8 Å². The number of nitrogens with zero attached hydrogens (tertiary/aromatic N) is 5. The van der Waals surface area contributed by atoms with Crippen molar-refractivity contribution in [3.8, 4) is 22.8 Å². The van der Waals surface area contributed by atoms with Crippen LogP contribution in [0.15, 0.2) is 73.2 Å². The lowest BCUT2D eigenvalue weighted by atomic mass is 10.1. The van der Waals surface area contributed by atoms with Crippen LogP contribution >= 0.6 is 0 Å². The van der Waals surface area contributed by atoms with Gasteiger partial charge in [-0.25, -0.2) is 4.98 Å². The number of amides is 1. The summed E-state index contributed by atoms with van der Waals surface area (Å²) >= 11 is 0. The number of piperazine rings is 1. The number of rotatable bonds is 7.